The van der Waals surface area contributed by atoms with Gasteiger partial charge in [0.25, 0.3) is 0 Å². The maximum Gasteiger partial charge on any atom is 0.433 e. The molecular formula is C20H18F3N3O2S. The largest absolute Gasteiger partial charge is 0.433 e. The lowest BCUT2D eigenvalue weighted by Gasteiger charge is -2.13. The molecule has 0 spiro atoms. The molecule has 29 heavy (non-hydrogen) atoms. The number of aryl methyl sites for hydroxylation is 1. The third kappa shape index (κ3) is 4.10. The Kier molecular flexibility index (Phi) is 5.38. The highest BCUT2D eigenvalue weighted by atomic mass is 32.2. The Bertz CT molecular complexity index is 1160. The van der Waals surface area contributed by atoms with Crippen LogP contribution in [0.3, 0.4) is 0 Å². The SMILES string of the molecule is C=CCn1nc(-c2ccc(S(N)(=O)=O)cc2)c(-c2ccccc2C)c1C(F)(F)F. The molecule has 3 aromatic rings. The number of hydrogen-bond acceptors (Lipinski definition) is 3. The average Bonchev–Trinajstić information content (AvgIpc) is 3.01. The highest BCUT2D eigenvalue weighted by Crippen LogP contribution is 2.43. The van der Waals surface area contributed by atoms with Gasteiger partial charge in [-0.15, -0.1) is 6.58 Å². The van der Waals surface area contributed by atoms with Gasteiger partial charge in [0, 0.05) is 11.1 Å². The maximum absolute atomic E-state index is 14.0. The van der Waals surface area contributed by atoms with E-state index < -0.39 is 21.9 Å². The second kappa shape index (κ2) is 7.49. The predicted molar refractivity (Wildman–Crippen MR) is 104 cm³/mol. The minimum atomic E-state index is -4.66. The highest BCUT2D eigenvalue weighted by molar-refractivity contribution is 7.89. The summed E-state index contributed by atoms with van der Waals surface area (Å²) in [5, 5.41) is 9.29. The number of benzene rings is 2. The standard InChI is InChI=1S/C20H18F3N3O2S/c1-3-12-26-19(20(21,22)23)17(16-7-5-4-6-13(16)2)18(25-26)14-8-10-15(11-9-14)29(24,27)28/h3-11H,1,12H2,2H3,(H2,24,27,28). The van der Waals surface area contributed by atoms with Crippen molar-refractivity contribution >= 4 is 10.0 Å². The molecule has 0 saturated carbocycles. The van der Waals surface area contributed by atoms with Gasteiger partial charge in [0.1, 0.15) is 5.69 Å². The molecule has 5 nitrogen and oxygen atoms in total. The number of alkyl halides is 3. The second-order valence-electron chi connectivity index (χ2n) is 6.43. The lowest BCUT2D eigenvalue weighted by molar-refractivity contribution is -0.143. The van der Waals surface area contributed by atoms with Crippen molar-refractivity contribution in [3.63, 3.8) is 0 Å². The van der Waals surface area contributed by atoms with Crippen LogP contribution >= 0.6 is 0 Å². The van der Waals surface area contributed by atoms with E-state index in [2.05, 4.69) is 11.7 Å². The fraction of sp³-hybridized carbons (Fsp3) is 0.150. The number of hydrogen-bond donors (Lipinski definition) is 1. The third-order valence-corrected chi connectivity index (χ3v) is 5.32. The van der Waals surface area contributed by atoms with Crippen molar-refractivity contribution in [2.45, 2.75) is 24.5 Å². The second-order valence-corrected chi connectivity index (χ2v) is 7.99. The summed E-state index contributed by atoms with van der Waals surface area (Å²) in [6.45, 7) is 5.09. The van der Waals surface area contributed by atoms with Crippen LogP contribution in [0, 0.1) is 6.92 Å². The Morgan fingerprint density at radius 2 is 1.76 bits per heavy atom. The number of nitrogens with zero attached hydrogens (tertiary/aromatic N) is 2. The van der Waals surface area contributed by atoms with Crippen molar-refractivity contribution < 1.29 is 21.6 Å². The number of aromatic nitrogens is 2. The Morgan fingerprint density at radius 3 is 2.28 bits per heavy atom. The lowest BCUT2D eigenvalue weighted by Crippen LogP contribution is -2.15. The number of nitrogens with two attached hydrogens (primary N) is 1. The zero-order chi connectivity index (χ0) is 21.4. The monoisotopic (exact) mass is 421 g/mol. The van der Waals surface area contributed by atoms with E-state index in [4.69, 9.17) is 5.14 Å². The van der Waals surface area contributed by atoms with E-state index in [1.165, 1.54) is 30.3 Å². The summed E-state index contributed by atoms with van der Waals surface area (Å²) in [6.07, 6.45) is -3.33. The van der Waals surface area contributed by atoms with E-state index in [9.17, 15) is 21.6 Å². The number of sulfonamides is 1. The maximum atomic E-state index is 14.0. The molecule has 0 radical (unpaired) electrons. The zero-order valence-corrected chi connectivity index (χ0v) is 16.3. The van der Waals surface area contributed by atoms with Crippen molar-refractivity contribution in [2.24, 2.45) is 5.14 Å². The van der Waals surface area contributed by atoms with E-state index >= 15 is 0 Å². The van der Waals surface area contributed by atoms with Crippen LogP contribution in [0.25, 0.3) is 22.4 Å². The molecule has 0 fully saturated rings. The molecule has 0 aliphatic carbocycles. The molecular weight excluding hydrogens is 403 g/mol. The Morgan fingerprint density at radius 1 is 1.14 bits per heavy atom. The molecule has 0 aliphatic rings. The molecule has 0 atom stereocenters. The summed E-state index contributed by atoms with van der Waals surface area (Å²) in [4.78, 5) is -0.139. The summed E-state index contributed by atoms with van der Waals surface area (Å²) in [5.41, 5.74) is 0.510. The van der Waals surface area contributed by atoms with E-state index in [1.807, 2.05) is 0 Å². The van der Waals surface area contributed by atoms with Crippen molar-refractivity contribution in [2.75, 3.05) is 0 Å². The minimum absolute atomic E-state index is 0.0687. The first-order chi connectivity index (χ1) is 13.5. The fourth-order valence-corrected chi connectivity index (χ4v) is 3.63. The van der Waals surface area contributed by atoms with Crippen LogP contribution in [0.15, 0.2) is 66.1 Å². The molecule has 152 valence electrons. The van der Waals surface area contributed by atoms with Crippen molar-refractivity contribution in [3.05, 3.63) is 72.4 Å². The Labute approximate surface area is 166 Å². The number of halogens is 3. The molecule has 2 N–H and O–H groups in total. The first-order valence-corrected chi connectivity index (χ1v) is 10.1. The van der Waals surface area contributed by atoms with E-state index in [0.717, 1.165) is 4.68 Å². The van der Waals surface area contributed by atoms with E-state index in [-0.39, 0.29) is 22.7 Å². The molecule has 2 aromatic carbocycles. The first kappa shape index (κ1) is 20.8. The summed E-state index contributed by atoms with van der Waals surface area (Å²) in [5.74, 6) is 0. The first-order valence-electron chi connectivity index (χ1n) is 8.52. The van der Waals surface area contributed by atoms with Gasteiger partial charge >= 0.3 is 6.18 Å². The summed E-state index contributed by atoms with van der Waals surface area (Å²) in [7, 11) is -3.92. The van der Waals surface area contributed by atoms with Crippen LogP contribution in [-0.4, -0.2) is 18.2 Å². The molecule has 0 saturated heterocycles. The quantitative estimate of drug-likeness (QED) is 0.621. The summed E-state index contributed by atoms with van der Waals surface area (Å²) >= 11 is 0. The van der Waals surface area contributed by atoms with Gasteiger partial charge in [-0.3, -0.25) is 4.68 Å². The third-order valence-electron chi connectivity index (χ3n) is 4.39. The predicted octanol–water partition coefficient (Wildman–Crippen LogP) is 4.38. The average molecular weight is 421 g/mol. The van der Waals surface area contributed by atoms with Crippen LogP contribution in [0.2, 0.25) is 0 Å². The molecule has 0 amide bonds. The van der Waals surface area contributed by atoms with Gasteiger partial charge in [-0.25, -0.2) is 13.6 Å². The molecule has 1 aromatic heterocycles. The number of allylic oxidation sites excluding steroid dienone is 1. The molecule has 1 heterocycles. The molecule has 9 heteroatoms. The molecule has 0 unspecified atom stereocenters. The number of primary sulfonamides is 1. The Balaban J connectivity index is 2.35. The molecule has 0 bridgehead atoms. The van der Waals surface area contributed by atoms with Crippen molar-refractivity contribution in [1.82, 2.24) is 9.78 Å². The normalized spacial score (nSPS) is 12.2. The molecule has 3 rings (SSSR count). The topological polar surface area (TPSA) is 78.0 Å². The van der Waals surface area contributed by atoms with Crippen LogP contribution in [0.5, 0.6) is 0 Å². The minimum Gasteiger partial charge on any atom is -0.255 e. The summed E-state index contributed by atoms with van der Waals surface area (Å²) in [6, 6.07) is 12.0. The zero-order valence-electron chi connectivity index (χ0n) is 15.4. The highest BCUT2D eigenvalue weighted by Gasteiger charge is 2.40. The van der Waals surface area contributed by atoms with E-state index in [1.54, 1.807) is 31.2 Å². The van der Waals surface area contributed by atoms with Crippen molar-refractivity contribution in [3.8, 4) is 22.4 Å². The van der Waals surface area contributed by atoms with Gasteiger partial charge in [-0.1, -0.05) is 42.5 Å². The van der Waals surface area contributed by atoms with Crippen molar-refractivity contribution in [1.29, 1.82) is 0 Å². The van der Waals surface area contributed by atoms with Gasteiger partial charge in [0.2, 0.25) is 10.0 Å². The van der Waals surface area contributed by atoms with E-state index in [0.29, 0.717) is 16.7 Å². The van der Waals surface area contributed by atoms with Gasteiger partial charge < -0.3 is 0 Å². The van der Waals surface area contributed by atoms with Gasteiger partial charge in [0.15, 0.2) is 5.69 Å². The Hall–Kier alpha value is -2.91. The fourth-order valence-electron chi connectivity index (χ4n) is 3.12. The van der Waals surface area contributed by atoms with Gasteiger partial charge in [-0.2, -0.15) is 18.3 Å². The van der Waals surface area contributed by atoms with Gasteiger partial charge in [0.05, 0.1) is 11.4 Å². The summed E-state index contributed by atoms with van der Waals surface area (Å²) < 4.78 is 65.9. The smallest absolute Gasteiger partial charge is 0.255 e. The van der Waals surface area contributed by atoms with Crippen LogP contribution < -0.4 is 5.14 Å². The van der Waals surface area contributed by atoms with Crippen LogP contribution in [0.1, 0.15) is 11.3 Å². The van der Waals surface area contributed by atoms with Gasteiger partial charge in [-0.05, 0) is 30.2 Å². The van der Waals surface area contributed by atoms with Crippen LogP contribution in [0.4, 0.5) is 13.2 Å². The lowest BCUT2D eigenvalue weighted by atomic mass is 9.95. The molecule has 0 aliphatic heterocycles. The number of rotatable bonds is 5. The van der Waals surface area contributed by atoms with Crippen LogP contribution in [-0.2, 0) is 22.7 Å².